The van der Waals surface area contributed by atoms with Crippen molar-refractivity contribution < 1.29 is 14.8 Å². The number of hydrogen-bond acceptors (Lipinski definition) is 4. The van der Waals surface area contributed by atoms with Gasteiger partial charge in [0.25, 0.3) is 5.69 Å². The molecule has 1 aromatic rings. The highest BCUT2D eigenvalue weighted by Crippen LogP contribution is 2.35. The third-order valence-corrected chi connectivity index (χ3v) is 3.07. The van der Waals surface area contributed by atoms with Crippen molar-refractivity contribution in [2.45, 2.75) is 19.9 Å². The van der Waals surface area contributed by atoms with Crippen molar-refractivity contribution in [3.05, 3.63) is 32.3 Å². The molecule has 0 aliphatic rings. The fourth-order valence-electron chi connectivity index (χ4n) is 1.47. The van der Waals surface area contributed by atoms with E-state index in [0.29, 0.717) is 0 Å². The van der Waals surface area contributed by atoms with Gasteiger partial charge in [0.2, 0.25) is 0 Å². The molecule has 0 aliphatic heterocycles. The van der Waals surface area contributed by atoms with Gasteiger partial charge in [-0.15, -0.1) is 0 Å². The number of nitrogens with zero attached hydrogens (tertiary/aromatic N) is 1. The number of non-ortho nitro benzene ring substituents is 1. The number of hydrogen-bond donors (Lipinski definition) is 2. The summed E-state index contributed by atoms with van der Waals surface area (Å²) in [5, 5.41) is 22.4. The van der Waals surface area contributed by atoms with Gasteiger partial charge in [-0.25, -0.2) is 4.79 Å². The van der Waals surface area contributed by atoms with Crippen molar-refractivity contribution in [3.63, 3.8) is 0 Å². The molecule has 1 aromatic carbocycles. The van der Waals surface area contributed by atoms with Gasteiger partial charge in [-0.2, -0.15) is 0 Å². The van der Waals surface area contributed by atoms with Gasteiger partial charge >= 0.3 is 5.97 Å². The van der Waals surface area contributed by atoms with Gasteiger partial charge in [0.15, 0.2) is 0 Å². The predicted octanol–water partition coefficient (Wildman–Crippen LogP) is 3.42. The summed E-state index contributed by atoms with van der Waals surface area (Å²) in [5.74, 6) is -1.26. The minimum Gasteiger partial charge on any atom is -0.480 e. The molecule has 1 atom stereocenters. The zero-order valence-electron chi connectivity index (χ0n) is 10.2. The van der Waals surface area contributed by atoms with E-state index < -0.39 is 16.9 Å². The molecule has 8 heteroatoms. The van der Waals surface area contributed by atoms with Crippen LogP contribution in [0.1, 0.15) is 13.8 Å². The zero-order chi connectivity index (χ0) is 14.7. The number of nitro groups is 1. The molecule has 1 rings (SSSR count). The van der Waals surface area contributed by atoms with Crippen LogP contribution in [0.2, 0.25) is 10.0 Å². The van der Waals surface area contributed by atoms with E-state index in [1.165, 1.54) is 0 Å². The first-order valence-corrected chi connectivity index (χ1v) is 6.12. The number of aliphatic carboxylic acids is 1. The van der Waals surface area contributed by atoms with E-state index in [1.54, 1.807) is 13.8 Å². The van der Waals surface area contributed by atoms with Crippen LogP contribution in [0.15, 0.2) is 12.1 Å². The van der Waals surface area contributed by atoms with Crippen molar-refractivity contribution in [3.8, 4) is 0 Å². The first-order valence-electron chi connectivity index (χ1n) is 5.36. The zero-order valence-corrected chi connectivity index (χ0v) is 11.7. The van der Waals surface area contributed by atoms with Gasteiger partial charge in [0.1, 0.15) is 6.04 Å². The van der Waals surface area contributed by atoms with Crippen LogP contribution >= 0.6 is 23.2 Å². The molecule has 0 aliphatic carbocycles. The van der Waals surface area contributed by atoms with Gasteiger partial charge in [-0.1, -0.05) is 37.0 Å². The predicted molar refractivity (Wildman–Crippen MR) is 73.0 cm³/mol. The molecule has 0 fully saturated rings. The van der Waals surface area contributed by atoms with Crippen LogP contribution in [0.3, 0.4) is 0 Å². The number of benzene rings is 1. The highest BCUT2D eigenvalue weighted by molar-refractivity contribution is 6.39. The fourth-order valence-corrected chi connectivity index (χ4v) is 2.06. The van der Waals surface area contributed by atoms with Gasteiger partial charge in [0, 0.05) is 12.1 Å². The van der Waals surface area contributed by atoms with Crippen LogP contribution in [0, 0.1) is 16.0 Å². The summed E-state index contributed by atoms with van der Waals surface area (Å²) in [6.07, 6.45) is 0. The van der Waals surface area contributed by atoms with Gasteiger partial charge in [-0.05, 0) is 5.92 Å². The van der Waals surface area contributed by atoms with Crippen molar-refractivity contribution in [2.24, 2.45) is 5.92 Å². The Kier molecular flexibility index (Phi) is 4.97. The molecule has 0 bridgehead atoms. The molecule has 0 aromatic heterocycles. The molecular weight excluding hydrogens is 295 g/mol. The normalized spacial score (nSPS) is 12.3. The molecule has 0 amide bonds. The Labute approximate surface area is 119 Å². The summed E-state index contributed by atoms with van der Waals surface area (Å²) < 4.78 is 0. The van der Waals surface area contributed by atoms with E-state index in [-0.39, 0.29) is 27.3 Å². The molecule has 0 heterocycles. The van der Waals surface area contributed by atoms with E-state index in [1.807, 2.05) is 0 Å². The van der Waals surface area contributed by atoms with Gasteiger partial charge < -0.3 is 10.4 Å². The molecular formula is C11H12Cl2N2O4. The van der Waals surface area contributed by atoms with Crippen LogP contribution < -0.4 is 5.32 Å². The number of carboxylic acids is 1. The number of halogens is 2. The molecule has 0 unspecified atom stereocenters. The molecule has 0 radical (unpaired) electrons. The summed E-state index contributed by atoms with van der Waals surface area (Å²) in [5.41, 5.74) is -0.0768. The van der Waals surface area contributed by atoms with Crippen LogP contribution in [-0.2, 0) is 4.79 Å². The summed E-state index contributed by atoms with van der Waals surface area (Å²) in [6, 6.07) is 1.35. The average molecular weight is 307 g/mol. The van der Waals surface area contributed by atoms with Crippen LogP contribution in [0.5, 0.6) is 0 Å². The molecule has 104 valence electrons. The van der Waals surface area contributed by atoms with Gasteiger partial charge in [0.05, 0.1) is 20.7 Å². The lowest BCUT2D eigenvalue weighted by Crippen LogP contribution is -2.34. The van der Waals surface area contributed by atoms with Crippen LogP contribution in [0.25, 0.3) is 0 Å². The highest BCUT2D eigenvalue weighted by Gasteiger charge is 2.24. The molecule has 2 N–H and O–H groups in total. The van der Waals surface area contributed by atoms with Crippen molar-refractivity contribution >= 4 is 40.5 Å². The second-order valence-corrected chi connectivity index (χ2v) is 5.06. The lowest BCUT2D eigenvalue weighted by Gasteiger charge is -2.20. The number of nitro benzene ring substituents is 1. The molecule has 0 saturated heterocycles. The number of carboxylic acid groups (broad SMARTS) is 1. The standard InChI is InChI=1S/C11H12Cl2N2O4/c1-5(2)9(11(16)17)14-10-7(12)3-6(15(18)19)4-8(10)13/h3-5,9,14H,1-2H3,(H,16,17)/t9-/m0/s1. The Morgan fingerprint density at radius 1 is 1.37 bits per heavy atom. The van der Waals surface area contributed by atoms with Crippen LogP contribution in [0.4, 0.5) is 11.4 Å². The Balaban J connectivity index is 3.14. The van der Waals surface area contributed by atoms with E-state index in [0.717, 1.165) is 12.1 Å². The minimum absolute atomic E-state index is 0.00565. The quantitative estimate of drug-likeness (QED) is 0.642. The van der Waals surface area contributed by atoms with E-state index in [2.05, 4.69) is 5.32 Å². The van der Waals surface area contributed by atoms with Gasteiger partial charge in [-0.3, -0.25) is 10.1 Å². The largest absolute Gasteiger partial charge is 0.480 e. The summed E-state index contributed by atoms with van der Waals surface area (Å²) in [7, 11) is 0. The minimum atomic E-state index is -1.06. The second kappa shape index (κ2) is 6.08. The number of nitrogens with one attached hydrogen (secondary N) is 1. The molecule has 0 saturated carbocycles. The van der Waals surface area contributed by atoms with E-state index in [9.17, 15) is 14.9 Å². The van der Waals surface area contributed by atoms with Crippen molar-refractivity contribution in [1.82, 2.24) is 0 Å². The third-order valence-electron chi connectivity index (χ3n) is 2.47. The summed E-state index contributed by atoms with van der Waals surface area (Å²) in [6.45, 7) is 3.44. The fraction of sp³-hybridized carbons (Fsp3) is 0.364. The maximum absolute atomic E-state index is 11.1. The maximum atomic E-state index is 11.1. The SMILES string of the molecule is CC(C)[C@H](Nc1c(Cl)cc([N+](=O)[O-])cc1Cl)C(=O)O. The smallest absolute Gasteiger partial charge is 0.326 e. The van der Waals surface area contributed by atoms with E-state index in [4.69, 9.17) is 28.3 Å². The van der Waals surface area contributed by atoms with Crippen molar-refractivity contribution in [2.75, 3.05) is 5.32 Å². The second-order valence-electron chi connectivity index (χ2n) is 4.25. The Morgan fingerprint density at radius 3 is 2.16 bits per heavy atom. The summed E-state index contributed by atoms with van der Waals surface area (Å²) >= 11 is 11.8. The maximum Gasteiger partial charge on any atom is 0.326 e. The average Bonchev–Trinajstić information content (AvgIpc) is 2.26. The first kappa shape index (κ1) is 15.5. The summed E-state index contributed by atoms with van der Waals surface area (Å²) in [4.78, 5) is 21.1. The number of carbonyl (C=O) groups is 1. The Hall–Kier alpha value is -1.53. The van der Waals surface area contributed by atoms with Crippen molar-refractivity contribution in [1.29, 1.82) is 0 Å². The lowest BCUT2D eigenvalue weighted by atomic mass is 10.0. The first-order chi connectivity index (χ1) is 8.73. The monoisotopic (exact) mass is 306 g/mol. The highest BCUT2D eigenvalue weighted by atomic mass is 35.5. The lowest BCUT2D eigenvalue weighted by molar-refractivity contribution is -0.384. The number of anilines is 1. The Bertz CT molecular complexity index is 496. The molecule has 0 spiro atoms. The molecule has 6 nitrogen and oxygen atoms in total. The van der Waals surface area contributed by atoms with Crippen LogP contribution in [-0.4, -0.2) is 22.0 Å². The third kappa shape index (κ3) is 3.71. The Morgan fingerprint density at radius 2 is 1.84 bits per heavy atom. The van der Waals surface area contributed by atoms with E-state index >= 15 is 0 Å². The topological polar surface area (TPSA) is 92.5 Å². The number of rotatable bonds is 5. The molecule has 19 heavy (non-hydrogen) atoms.